The second-order valence-corrected chi connectivity index (χ2v) is 7.37. The number of nitrogens with zero attached hydrogens (tertiary/aromatic N) is 3. The Morgan fingerprint density at radius 2 is 1.67 bits per heavy atom. The van der Waals surface area contributed by atoms with Crippen molar-refractivity contribution in [2.45, 2.75) is 26.8 Å². The van der Waals surface area contributed by atoms with Crippen LogP contribution in [0.5, 0.6) is 0 Å². The zero-order valence-corrected chi connectivity index (χ0v) is 17.1. The maximum Gasteiger partial charge on any atom is 0.252 e. The van der Waals surface area contributed by atoms with Crippen LogP contribution < -0.4 is 10.9 Å². The molecule has 1 amide bonds. The summed E-state index contributed by atoms with van der Waals surface area (Å²) in [5, 5.41) is 8.48. The van der Waals surface area contributed by atoms with Gasteiger partial charge in [0.2, 0.25) is 5.91 Å². The predicted octanol–water partition coefficient (Wildman–Crippen LogP) is 3.16. The minimum absolute atomic E-state index is 0.0532. The van der Waals surface area contributed by atoms with Gasteiger partial charge in [-0.25, -0.2) is 4.68 Å². The average Bonchev–Trinajstić information content (AvgIpc) is 3.10. The highest BCUT2D eigenvalue weighted by atomic mass is 16.2. The summed E-state index contributed by atoms with van der Waals surface area (Å²) in [6, 6.07) is 21.2. The van der Waals surface area contributed by atoms with Crippen LogP contribution >= 0.6 is 0 Å². The lowest BCUT2D eigenvalue weighted by atomic mass is 10.1. The first-order chi connectivity index (χ1) is 14.5. The maximum absolute atomic E-state index is 12.8. The van der Waals surface area contributed by atoms with Crippen LogP contribution in [-0.4, -0.2) is 26.8 Å². The Balaban J connectivity index is 1.65. The zero-order chi connectivity index (χ0) is 21.1. The Labute approximate surface area is 174 Å². The van der Waals surface area contributed by atoms with E-state index in [0.29, 0.717) is 12.2 Å². The molecule has 30 heavy (non-hydrogen) atoms. The first-order valence-corrected chi connectivity index (χ1v) is 10.0. The van der Waals surface area contributed by atoms with Crippen molar-refractivity contribution in [3.05, 3.63) is 93.9 Å². The number of fused-ring (bicyclic) bond motifs is 1. The highest BCUT2D eigenvalue weighted by Gasteiger charge is 2.18. The summed E-state index contributed by atoms with van der Waals surface area (Å²) in [5.74, 6) is -0.198. The number of rotatable bonds is 6. The molecule has 0 radical (unpaired) electrons. The molecule has 0 aliphatic rings. The normalized spacial score (nSPS) is 11.0. The monoisotopic (exact) mass is 400 g/mol. The van der Waals surface area contributed by atoms with Gasteiger partial charge in [0.1, 0.15) is 12.2 Å². The highest BCUT2D eigenvalue weighted by Crippen LogP contribution is 2.23. The summed E-state index contributed by atoms with van der Waals surface area (Å²) in [7, 11) is 0. The van der Waals surface area contributed by atoms with Crippen LogP contribution in [0.4, 0.5) is 0 Å². The van der Waals surface area contributed by atoms with E-state index in [4.69, 9.17) is 0 Å². The molecule has 0 saturated heterocycles. The van der Waals surface area contributed by atoms with Crippen molar-refractivity contribution in [2.75, 3.05) is 6.54 Å². The van der Waals surface area contributed by atoms with Crippen LogP contribution in [-0.2, 0) is 17.8 Å². The van der Waals surface area contributed by atoms with E-state index in [-0.39, 0.29) is 18.0 Å². The molecule has 2 aromatic carbocycles. The molecule has 0 spiro atoms. The fourth-order valence-electron chi connectivity index (χ4n) is 3.76. The first kappa shape index (κ1) is 19.6. The van der Waals surface area contributed by atoms with Crippen molar-refractivity contribution >= 4 is 16.9 Å². The summed E-state index contributed by atoms with van der Waals surface area (Å²) in [4.78, 5) is 25.5. The standard InChI is InChI=1S/C24H24N4O2/c1-17-15-22(30)27(16-21(29)25-14-13-19-9-5-3-6-10-19)24-23(17)18(2)26-28(24)20-11-7-4-8-12-20/h3-12,15H,13-14,16H2,1-2H3,(H,25,29). The number of benzene rings is 2. The average molecular weight is 400 g/mol. The molecule has 6 nitrogen and oxygen atoms in total. The van der Waals surface area contributed by atoms with Crippen molar-refractivity contribution in [3.8, 4) is 5.69 Å². The smallest absolute Gasteiger partial charge is 0.252 e. The van der Waals surface area contributed by atoms with Gasteiger partial charge < -0.3 is 5.32 Å². The van der Waals surface area contributed by atoms with E-state index < -0.39 is 0 Å². The number of carbonyl (C=O) groups is 1. The van der Waals surface area contributed by atoms with E-state index in [9.17, 15) is 9.59 Å². The second kappa shape index (κ2) is 8.37. The van der Waals surface area contributed by atoms with Crippen molar-refractivity contribution in [2.24, 2.45) is 0 Å². The summed E-state index contributed by atoms with van der Waals surface area (Å²) in [6.07, 6.45) is 0.742. The van der Waals surface area contributed by atoms with E-state index in [0.717, 1.165) is 34.3 Å². The molecule has 2 aromatic heterocycles. The molecule has 0 fully saturated rings. The zero-order valence-electron chi connectivity index (χ0n) is 17.1. The van der Waals surface area contributed by atoms with Crippen LogP contribution in [0.15, 0.2) is 71.5 Å². The number of hydrogen-bond acceptors (Lipinski definition) is 3. The van der Waals surface area contributed by atoms with Crippen LogP contribution in [0, 0.1) is 13.8 Å². The fraction of sp³-hybridized carbons (Fsp3) is 0.208. The van der Waals surface area contributed by atoms with Crippen molar-refractivity contribution in [1.29, 1.82) is 0 Å². The molecule has 0 atom stereocenters. The molecule has 0 aliphatic carbocycles. The van der Waals surface area contributed by atoms with E-state index in [1.165, 1.54) is 4.57 Å². The minimum atomic E-state index is -0.213. The molecule has 0 saturated carbocycles. The van der Waals surface area contributed by atoms with Gasteiger partial charge in [-0.2, -0.15) is 5.10 Å². The fourth-order valence-corrected chi connectivity index (χ4v) is 3.76. The first-order valence-electron chi connectivity index (χ1n) is 10.0. The molecule has 0 unspecified atom stereocenters. The van der Waals surface area contributed by atoms with Gasteiger partial charge in [0, 0.05) is 18.0 Å². The van der Waals surface area contributed by atoms with Gasteiger partial charge in [0.15, 0.2) is 0 Å². The second-order valence-electron chi connectivity index (χ2n) is 7.37. The van der Waals surface area contributed by atoms with Gasteiger partial charge in [-0.3, -0.25) is 14.2 Å². The van der Waals surface area contributed by atoms with Gasteiger partial charge in [-0.05, 0) is 43.5 Å². The third-order valence-electron chi connectivity index (χ3n) is 5.17. The van der Waals surface area contributed by atoms with E-state index in [1.54, 1.807) is 10.7 Å². The molecule has 152 valence electrons. The number of aryl methyl sites for hydroxylation is 2. The number of pyridine rings is 1. The van der Waals surface area contributed by atoms with Gasteiger partial charge >= 0.3 is 0 Å². The SMILES string of the molecule is Cc1cc(=O)n(CC(=O)NCCc2ccccc2)c2c1c(C)nn2-c1ccccc1. The topological polar surface area (TPSA) is 68.9 Å². The lowest BCUT2D eigenvalue weighted by Gasteiger charge is -2.12. The number of aromatic nitrogens is 3. The molecule has 4 rings (SSSR count). The van der Waals surface area contributed by atoms with Crippen LogP contribution in [0.2, 0.25) is 0 Å². The van der Waals surface area contributed by atoms with Crippen molar-refractivity contribution in [1.82, 2.24) is 19.7 Å². The summed E-state index contributed by atoms with van der Waals surface area (Å²) in [5.41, 5.74) is 4.11. The Morgan fingerprint density at radius 1 is 1.00 bits per heavy atom. The highest BCUT2D eigenvalue weighted by molar-refractivity contribution is 5.85. The molecule has 0 aliphatic heterocycles. The van der Waals surface area contributed by atoms with Gasteiger partial charge in [0.25, 0.3) is 5.56 Å². The molecule has 4 aromatic rings. The molecular weight excluding hydrogens is 376 g/mol. The Bertz CT molecular complexity index is 1240. The van der Waals surface area contributed by atoms with E-state index in [2.05, 4.69) is 10.4 Å². The van der Waals surface area contributed by atoms with Gasteiger partial charge in [0.05, 0.1) is 11.4 Å². The number of carbonyl (C=O) groups excluding carboxylic acids is 1. The lowest BCUT2D eigenvalue weighted by molar-refractivity contribution is -0.121. The number of nitrogens with one attached hydrogen (secondary N) is 1. The third-order valence-corrected chi connectivity index (χ3v) is 5.17. The lowest BCUT2D eigenvalue weighted by Crippen LogP contribution is -2.34. The maximum atomic E-state index is 12.8. The number of hydrogen-bond donors (Lipinski definition) is 1. The van der Waals surface area contributed by atoms with Crippen molar-refractivity contribution in [3.63, 3.8) is 0 Å². The molecule has 2 heterocycles. The summed E-state index contributed by atoms with van der Waals surface area (Å²) < 4.78 is 3.25. The van der Waals surface area contributed by atoms with Crippen LogP contribution in [0.25, 0.3) is 16.7 Å². The van der Waals surface area contributed by atoms with Crippen LogP contribution in [0.3, 0.4) is 0 Å². The van der Waals surface area contributed by atoms with Crippen LogP contribution in [0.1, 0.15) is 16.8 Å². The largest absolute Gasteiger partial charge is 0.354 e. The molecule has 6 heteroatoms. The Hall–Kier alpha value is -3.67. The predicted molar refractivity (Wildman–Crippen MR) is 118 cm³/mol. The summed E-state index contributed by atoms with van der Waals surface area (Å²) in [6.45, 7) is 4.29. The third kappa shape index (κ3) is 3.89. The van der Waals surface area contributed by atoms with Gasteiger partial charge in [-0.15, -0.1) is 0 Å². The van der Waals surface area contributed by atoms with Crippen molar-refractivity contribution < 1.29 is 4.79 Å². The Morgan fingerprint density at radius 3 is 2.37 bits per heavy atom. The minimum Gasteiger partial charge on any atom is -0.354 e. The number of amides is 1. The van der Waals surface area contributed by atoms with Gasteiger partial charge in [-0.1, -0.05) is 48.5 Å². The van der Waals surface area contributed by atoms with E-state index in [1.807, 2.05) is 74.5 Å². The molecule has 0 bridgehead atoms. The summed E-state index contributed by atoms with van der Waals surface area (Å²) >= 11 is 0. The molecular formula is C24H24N4O2. The quantitative estimate of drug-likeness (QED) is 0.541. The van der Waals surface area contributed by atoms with E-state index >= 15 is 0 Å². The molecule has 1 N–H and O–H groups in total. The number of para-hydroxylation sites is 1. The Kier molecular flexibility index (Phi) is 5.48.